The van der Waals surface area contributed by atoms with E-state index in [4.69, 9.17) is 0 Å². The zero-order chi connectivity index (χ0) is 20.6. The fourth-order valence-corrected chi connectivity index (χ4v) is 4.93. The molecule has 0 aliphatic carbocycles. The lowest BCUT2D eigenvalue weighted by atomic mass is 9.85. The van der Waals surface area contributed by atoms with Crippen LogP contribution in [-0.2, 0) is 0 Å². The molecule has 0 amide bonds. The molecule has 0 bridgehead atoms. The first kappa shape index (κ1) is 16.7. The molecule has 0 aromatic heterocycles. The van der Waals surface area contributed by atoms with Crippen LogP contribution in [0.3, 0.4) is 0 Å². The highest BCUT2D eigenvalue weighted by molar-refractivity contribution is 6.39. The lowest BCUT2D eigenvalue weighted by molar-refractivity contribution is 0.0653. The van der Waals surface area contributed by atoms with E-state index in [9.17, 15) is 19.8 Å². The second-order valence-electron chi connectivity index (χ2n) is 7.56. The standard InChI is InChI=1S/C26H14O4/c27-25(28)20-12-19-16-8-3-6-14-11-13-5-1-2-7-15(13)23(21(14)16)17-9-4-10-18(22(17)19)24(20)26(29)30/h1-12H,(H,27,28)(H,29,30). The molecule has 0 radical (unpaired) electrons. The molecule has 0 fully saturated rings. The van der Waals surface area contributed by atoms with E-state index in [-0.39, 0.29) is 11.1 Å². The van der Waals surface area contributed by atoms with Crippen molar-refractivity contribution in [3.05, 3.63) is 83.9 Å². The number of carboxylic acid groups (broad SMARTS) is 2. The van der Waals surface area contributed by atoms with Crippen LogP contribution < -0.4 is 0 Å². The number of hydrogen-bond donors (Lipinski definition) is 2. The highest BCUT2D eigenvalue weighted by atomic mass is 16.4. The molecule has 0 unspecified atom stereocenters. The highest BCUT2D eigenvalue weighted by Crippen LogP contribution is 2.44. The van der Waals surface area contributed by atoms with Crippen molar-refractivity contribution in [1.29, 1.82) is 0 Å². The SMILES string of the molecule is O=C(O)c1cc2c3cccc4cc5ccccc5c(c5cccc(c1C(=O)O)c25)c43. The fraction of sp³-hybridized carbons (Fsp3) is 0. The van der Waals surface area contributed by atoms with E-state index in [1.165, 1.54) is 6.07 Å². The van der Waals surface area contributed by atoms with Crippen LogP contribution in [0.25, 0.3) is 53.9 Å². The Morgan fingerprint density at radius 1 is 0.533 bits per heavy atom. The molecule has 0 saturated carbocycles. The Hall–Kier alpha value is -4.18. The number of rotatable bonds is 2. The summed E-state index contributed by atoms with van der Waals surface area (Å²) in [5, 5.41) is 28.9. The minimum atomic E-state index is -1.24. The maximum Gasteiger partial charge on any atom is 0.337 e. The van der Waals surface area contributed by atoms with E-state index in [1.807, 2.05) is 30.3 Å². The predicted octanol–water partition coefficient (Wildman–Crippen LogP) is 6.29. The monoisotopic (exact) mass is 390 g/mol. The molecule has 6 aromatic rings. The fourth-order valence-electron chi connectivity index (χ4n) is 4.93. The topological polar surface area (TPSA) is 74.6 Å². The molecule has 4 nitrogen and oxygen atoms in total. The van der Waals surface area contributed by atoms with Crippen LogP contribution >= 0.6 is 0 Å². The number of carboxylic acids is 2. The highest BCUT2D eigenvalue weighted by Gasteiger charge is 2.24. The van der Waals surface area contributed by atoms with Gasteiger partial charge in [0.25, 0.3) is 0 Å². The zero-order valence-electron chi connectivity index (χ0n) is 15.6. The van der Waals surface area contributed by atoms with E-state index >= 15 is 0 Å². The molecule has 0 aliphatic rings. The summed E-state index contributed by atoms with van der Waals surface area (Å²) in [5.74, 6) is -2.48. The van der Waals surface area contributed by atoms with Crippen LogP contribution in [0.5, 0.6) is 0 Å². The van der Waals surface area contributed by atoms with Crippen molar-refractivity contribution in [3.63, 3.8) is 0 Å². The Bertz CT molecular complexity index is 1690. The molecular formula is C26H14O4. The van der Waals surface area contributed by atoms with Crippen LogP contribution in [0, 0.1) is 0 Å². The van der Waals surface area contributed by atoms with E-state index in [1.54, 1.807) is 12.1 Å². The number of hydrogen-bond acceptors (Lipinski definition) is 2. The Morgan fingerprint density at radius 2 is 1.20 bits per heavy atom. The summed E-state index contributed by atoms with van der Waals surface area (Å²) in [7, 11) is 0. The van der Waals surface area contributed by atoms with Crippen molar-refractivity contribution in [2.24, 2.45) is 0 Å². The van der Waals surface area contributed by atoms with E-state index in [0.29, 0.717) is 5.39 Å². The second-order valence-corrected chi connectivity index (χ2v) is 7.56. The predicted molar refractivity (Wildman–Crippen MR) is 119 cm³/mol. The Balaban J connectivity index is 2.05. The molecule has 0 aliphatic heterocycles. The Kier molecular flexibility index (Phi) is 3.17. The van der Waals surface area contributed by atoms with Gasteiger partial charge in [0, 0.05) is 0 Å². The normalized spacial score (nSPS) is 11.9. The number of fused-ring (bicyclic) bond motifs is 4. The van der Waals surface area contributed by atoms with Gasteiger partial charge in [-0.1, -0.05) is 60.7 Å². The maximum absolute atomic E-state index is 12.1. The summed E-state index contributed by atoms with van der Waals surface area (Å²) >= 11 is 0. The van der Waals surface area contributed by atoms with Gasteiger partial charge in [-0.15, -0.1) is 0 Å². The third-order valence-corrected chi connectivity index (χ3v) is 6.05. The zero-order valence-corrected chi connectivity index (χ0v) is 15.6. The van der Waals surface area contributed by atoms with Gasteiger partial charge in [-0.05, 0) is 66.0 Å². The molecule has 6 rings (SSSR count). The summed E-state index contributed by atoms with van der Waals surface area (Å²) in [4.78, 5) is 24.0. The van der Waals surface area contributed by atoms with Crippen LogP contribution in [-0.4, -0.2) is 22.2 Å². The molecule has 0 heterocycles. The van der Waals surface area contributed by atoms with Gasteiger partial charge in [0.2, 0.25) is 0 Å². The first-order chi connectivity index (χ1) is 14.6. The van der Waals surface area contributed by atoms with Gasteiger partial charge in [-0.25, -0.2) is 9.59 Å². The quantitative estimate of drug-likeness (QED) is 0.269. The van der Waals surface area contributed by atoms with Gasteiger partial charge < -0.3 is 10.2 Å². The summed E-state index contributed by atoms with van der Waals surface area (Å²) in [6, 6.07) is 23.3. The minimum Gasteiger partial charge on any atom is -0.478 e. The van der Waals surface area contributed by atoms with Crippen LogP contribution in [0.1, 0.15) is 20.7 Å². The molecule has 0 spiro atoms. The van der Waals surface area contributed by atoms with Crippen molar-refractivity contribution in [2.75, 3.05) is 0 Å². The molecule has 30 heavy (non-hydrogen) atoms. The number of aromatic carboxylic acids is 2. The molecule has 4 heteroatoms. The Labute approximate surface area is 169 Å². The summed E-state index contributed by atoms with van der Waals surface area (Å²) < 4.78 is 0. The first-order valence-electron chi connectivity index (χ1n) is 9.58. The molecule has 2 N–H and O–H groups in total. The van der Waals surface area contributed by atoms with Crippen molar-refractivity contribution < 1.29 is 19.8 Å². The smallest absolute Gasteiger partial charge is 0.337 e. The van der Waals surface area contributed by atoms with E-state index < -0.39 is 11.9 Å². The van der Waals surface area contributed by atoms with Gasteiger partial charge in [0.15, 0.2) is 0 Å². The first-order valence-corrected chi connectivity index (χ1v) is 9.58. The summed E-state index contributed by atoms with van der Waals surface area (Å²) in [5.41, 5.74) is -0.359. The molecule has 0 saturated heterocycles. The minimum absolute atomic E-state index is 0.168. The van der Waals surface area contributed by atoms with Gasteiger partial charge in [-0.3, -0.25) is 0 Å². The van der Waals surface area contributed by atoms with Crippen molar-refractivity contribution >= 4 is 65.8 Å². The van der Waals surface area contributed by atoms with Crippen LogP contribution in [0.15, 0.2) is 72.8 Å². The lowest BCUT2D eigenvalue weighted by Gasteiger charge is -2.18. The Morgan fingerprint density at radius 3 is 2.00 bits per heavy atom. The molecule has 0 atom stereocenters. The average Bonchev–Trinajstić information content (AvgIpc) is 2.75. The largest absolute Gasteiger partial charge is 0.478 e. The molecule has 142 valence electrons. The maximum atomic E-state index is 12.1. The summed E-state index contributed by atoms with van der Waals surface area (Å²) in [6.07, 6.45) is 0. The van der Waals surface area contributed by atoms with Crippen molar-refractivity contribution in [1.82, 2.24) is 0 Å². The second kappa shape index (κ2) is 5.67. The van der Waals surface area contributed by atoms with E-state index in [2.05, 4.69) is 24.3 Å². The van der Waals surface area contributed by atoms with Gasteiger partial charge in [-0.2, -0.15) is 0 Å². The van der Waals surface area contributed by atoms with E-state index in [0.717, 1.165) is 48.5 Å². The molecular weight excluding hydrogens is 376 g/mol. The molecule has 6 aromatic carbocycles. The summed E-state index contributed by atoms with van der Waals surface area (Å²) in [6.45, 7) is 0. The third-order valence-electron chi connectivity index (χ3n) is 6.05. The van der Waals surface area contributed by atoms with Gasteiger partial charge in [0.1, 0.15) is 0 Å². The van der Waals surface area contributed by atoms with Crippen molar-refractivity contribution in [3.8, 4) is 0 Å². The third kappa shape index (κ3) is 2.00. The van der Waals surface area contributed by atoms with Crippen molar-refractivity contribution in [2.45, 2.75) is 0 Å². The van der Waals surface area contributed by atoms with Crippen LogP contribution in [0.2, 0.25) is 0 Å². The average molecular weight is 390 g/mol. The number of carbonyl (C=O) groups is 2. The lowest BCUT2D eigenvalue weighted by Crippen LogP contribution is -2.09. The van der Waals surface area contributed by atoms with Crippen LogP contribution in [0.4, 0.5) is 0 Å². The van der Waals surface area contributed by atoms with Gasteiger partial charge in [0.05, 0.1) is 11.1 Å². The van der Waals surface area contributed by atoms with Gasteiger partial charge >= 0.3 is 11.9 Å². The number of benzene rings is 6.